The van der Waals surface area contributed by atoms with Crippen molar-refractivity contribution in [2.75, 3.05) is 65.7 Å². The molecular weight excluding hydrogens is 817 g/mol. The summed E-state index contributed by atoms with van der Waals surface area (Å²) >= 11 is 0. The van der Waals surface area contributed by atoms with Crippen molar-refractivity contribution >= 4 is 18.1 Å². The highest BCUT2D eigenvalue weighted by Crippen LogP contribution is 2.23. The van der Waals surface area contributed by atoms with E-state index in [9.17, 15) is 14.4 Å². The fraction of sp³-hybridized carbons (Fsp3) is 0.836. The van der Waals surface area contributed by atoms with Gasteiger partial charge in [0.1, 0.15) is 19.3 Å². The Morgan fingerprint density at radius 3 is 1.63 bits per heavy atom. The molecule has 1 rings (SSSR count). The third-order valence-electron chi connectivity index (χ3n) is 12.5. The van der Waals surface area contributed by atoms with E-state index in [4.69, 9.17) is 23.7 Å². The van der Waals surface area contributed by atoms with E-state index < -0.39 is 6.16 Å². The first kappa shape index (κ1) is 60.3. The molecule has 1 aromatic carbocycles. The third-order valence-corrected chi connectivity index (χ3v) is 12.5. The largest absolute Gasteiger partial charge is 0.508 e. The Labute approximate surface area is 399 Å². The van der Waals surface area contributed by atoms with Crippen LogP contribution in [0.1, 0.15) is 220 Å². The minimum atomic E-state index is -0.663. The van der Waals surface area contributed by atoms with Crippen LogP contribution in [0.4, 0.5) is 4.79 Å². The van der Waals surface area contributed by atoms with Crippen LogP contribution in [0.2, 0.25) is 0 Å². The van der Waals surface area contributed by atoms with Crippen LogP contribution in [-0.4, -0.2) is 99.7 Å². The van der Waals surface area contributed by atoms with Crippen LogP contribution >= 0.6 is 0 Å². The summed E-state index contributed by atoms with van der Waals surface area (Å²) in [6, 6.07) is 10.3. The summed E-state index contributed by atoms with van der Waals surface area (Å²) in [5, 5.41) is 0. The Kier molecular flexibility index (Phi) is 41.9. The molecule has 65 heavy (non-hydrogen) atoms. The van der Waals surface area contributed by atoms with Gasteiger partial charge in [-0.25, -0.2) is 4.79 Å². The predicted molar refractivity (Wildman–Crippen MR) is 268 cm³/mol. The second-order valence-electron chi connectivity index (χ2n) is 18.4. The number of hydrogen-bond acceptors (Lipinski definition) is 10. The van der Waals surface area contributed by atoms with Gasteiger partial charge < -0.3 is 28.6 Å². The third kappa shape index (κ3) is 38.0. The molecule has 378 valence electrons. The molecule has 0 aromatic heterocycles. The van der Waals surface area contributed by atoms with Crippen LogP contribution in [0.3, 0.4) is 0 Å². The van der Waals surface area contributed by atoms with Crippen molar-refractivity contribution in [3.63, 3.8) is 0 Å². The first-order valence-corrected chi connectivity index (χ1v) is 27.1. The number of unbranched alkanes of at least 4 members (excludes halogenated alkanes) is 16. The Bertz CT molecular complexity index is 1210. The van der Waals surface area contributed by atoms with Gasteiger partial charge >= 0.3 is 18.1 Å². The number of rotatable bonds is 47. The summed E-state index contributed by atoms with van der Waals surface area (Å²) in [5.41, 5.74) is 1.18. The van der Waals surface area contributed by atoms with E-state index in [-0.39, 0.29) is 24.6 Å². The molecule has 1 aromatic rings. The van der Waals surface area contributed by atoms with Crippen LogP contribution in [-0.2, 0) is 39.9 Å². The zero-order chi connectivity index (χ0) is 47.3. The molecule has 0 N–H and O–H groups in total. The fourth-order valence-corrected chi connectivity index (χ4v) is 8.31. The molecule has 0 saturated heterocycles. The maximum absolute atomic E-state index is 13.2. The van der Waals surface area contributed by atoms with Gasteiger partial charge in [-0.15, -0.1) is 0 Å². The second-order valence-corrected chi connectivity index (χ2v) is 18.4. The van der Waals surface area contributed by atoms with Gasteiger partial charge in [-0.05, 0) is 69.4 Å². The molecule has 0 amide bonds. The monoisotopic (exact) mass is 917 g/mol. The van der Waals surface area contributed by atoms with Crippen molar-refractivity contribution in [3.8, 4) is 0 Å². The highest BCUT2D eigenvalue weighted by atomic mass is 16.7. The molecular formula is C55H100N2O8. The molecule has 1 atom stereocenters. The van der Waals surface area contributed by atoms with Gasteiger partial charge in [0, 0.05) is 52.2 Å². The summed E-state index contributed by atoms with van der Waals surface area (Å²) in [6.07, 6.45) is 28.6. The highest BCUT2D eigenvalue weighted by Gasteiger charge is 2.19. The molecule has 0 fully saturated rings. The number of ether oxygens (including phenoxy) is 5. The zero-order valence-corrected chi connectivity index (χ0v) is 42.8. The lowest BCUT2D eigenvalue weighted by atomic mass is 9.91. The van der Waals surface area contributed by atoms with Gasteiger partial charge in [0.2, 0.25) is 0 Å². The molecule has 0 aliphatic rings. The molecule has 0 aliphatic carbocycles. The molecule has 10 heteroatoms. The van der Waals surface area contributed by atoms with Gasteiger partial charge in [0.05, 0.1) is 13.2 Å². The Morgan fingerprint density at radius 2 is 1.00 bits per heavy atom. The van der Waals surface area contributed by atoms with Gasteiger partial charge in [0.15, 0.2) is 0 Å². The van der Waals surface area contributed by atoms with Crippen LogP contribution < -0.4 is 0 Å². The van der Waals surface area contributed by atoms with E-state index in [1.54, 1.807) is 0 Å². The quantitative estimate of drug-likeness (QED) is 0.0357. The maximum Gasteiger partial charge on any atom is 0.508 e. The second kappa shape index (κ2) is 45.1. The molecule has 0 saturated carbocycles. The standard InChI is InChI=1S/C55H100N2O8/c1-6-11-15-19-22-29-45-62-53(58)38-30-37-52(36-28-18-14-9-4)65-55(60)64-47-43-57(41-40-56(10-5)39-31-44-61-49-51-34-26-23-27-35-51)42-46-63-54(59)48-50(32-24-20-16-12-7-2)33-25-21-17-13-8-3/h23,26-27,34-35,50,52H,6-22,24-25,28-33,36-49H2,1-5H3. The number of benzene rings is 1. The first-order chi connectivity index (χ1) is 31.8. The normalized spacial score (nSPS) is 12.0. The zero-order valence-electron chi connectivity index (χ0n) is 42.8. The van der Waals surface area contributed by atoms with Gasteiger partial charge in [-0.1, -0.05) is 181 Å². The number of esters is 2. The van der Waals surface area contributed by atoms with E-state index in [0.717, 1.165) is 90.4 Å². The maximum atomic E-state index is 13.2. The Hall–Kier alpha value is -2.69. The van der Waals surface area contributed by atoms with E-state index in [1.165, 1.54) is 95.5 Å². The van der Waals surface area contributed by atoms with Crippen LogP contribution in [0, 0.1) is 5.92 Å². The van der Waals surface area contributed by atoms with Crippen molar-refractivity contribution in [1.29, 1.82) is 0 Å². The van der Waals surface area contributed by atoms with Crippen molar-refractivity contribution in [1.82, 2.24) is 9.80 Å². The lowest BCUT2D eigenvalue weighted by Gasteiger charge is -2.27. The van der Waals surface area contributed by atoms with E-state index >= 15 is 0 Å². The van der Waals surface area contributed by atoms with Crippen molar-refractivity contribution in [3.05, 3.63) is 35.9 Å². The van der Waals surface area contributed by atoms with Gasteiger partial charge in [0.25, 0.3) is 0 Å². The molecule has 10 nitrogen and oxygen atoms in total. The minimum absolute atomic E-state index is 0.0985. The van der Waals surface area contributed by atoms with Crippen LogP contribution in [0.5, 0.6) is 0 Å². The van der Waals surface area contributed by atoms with Crippen molar-refractivity contribution < 1.29 is 38.1 Å². The molecule has 0 spiro atoms. The molecule has 1 unspecified atom stereocenters. The number of hydrogen-bond donors (Lipinski definition) is 0. The average molecular weight is 917 g/mol. The summed E-state index contributed by atoms with van der Waals surface area (Å²) in [6.45, 7) is 17.9. The number of likely N-dealkylation sites (N-methyl/N-ethyl adjacent to an activating group) is 1. The highest BCUT2D eigenvalue weighted by molar-refractivity contribution is 5.69. The molecule has 0 heterocycles. The Balaban J connectivity index is 2.76. The van der Waals surface area contributed by atoms with Gasteiger partial charge in [-0.3, -0.25) is 14.5 Å². The smallest absolute Gasteiger partial charge is 0.466 e. The minimum Gasteiger partial charge on any atom is -0.466 e. The van der Waals surface area contributed by atoms with E-state index in [0.29, 0.717) is 71.1 Å². The van der Waals surface area contributed by atoms with Crippen LogP contribution in [0.25, 0.3) is 0 Å². The topological polar surface area (TPSA) is 104 Å². The SMILES string of the molecule is CCCCCCCCOC(=O)CCCC(CCCCCC)OC(=O)OCCN(CCOC(=O)CC(CCCCCCC)CCCCCCC)CCN(CC)CCCOCc1ccccc1. The lowest BCUT2D eigenvalue weighted by molar-refractivity contribution is -0.145. The molecule has 0 aliphatic heterocycles. The van der Waals surface area contributed by atoms with Crippen LogP contribution in [0.15, 0.2) is 30.3 Å². The number of carbonyl (C=O) groups is 3. The molecule has 0 radical (unpaired) electrons. The number of nitrogens with zero attached hydrogens (tertiary/aromatic N) is 2. The number of carbonyl (C=O) groups excluding carboxylic acids is 3. The van der Waals surface area contributed by atoms with E-state index in [1.807, 2.05) is 18.2 Å². The van der Waals surface area contributed by atoms with Crippen molar-refractivity contribution in [2.24, 2.45) is 5.92 Å². The lowest BCUT2D eigenvalue weighted by Crippen LogP contribution is -2.39. The van der Waals surface area contributed by atoms with Gasteiger partial charge in [-0.2, -0.15) is 0 Å². The summed E-state index contributed by atoms with van der Waals surface area (Å²) in [7, 11) is 0. The fourth-order valence-electron chi connectivity index (χ4n) is 8.31. The predicted octanol–water partition coefficient (Wildman–Crippen LogP) is 14.1. The first-order valence-electron chi connectivity index (χ1n) is 27.1. The average Bonchev–Trinajstić information content (AvgIpc) is 3.30. The summed E-state index contributed by atoms with van der Waals surface area (Å²) < 4.78 is 28.9. The summed E-state index contributed by atoms with van der Waals surface area (Å²) in [4.78, 5) is 43.4. The van der Waals surface area contributed by atoms with Crippen molar-refractivity contribution in [2.45, 2.75) is 227 Å². The summed E-state index contributed by atoms with van der Waals surface area (Å²) in [5.74, 6) is 0.110. The Morgan fingerprint density at radius 1 is 0.477 bits per heavy atom. The van der Waals surface area contributed by atoms with E-state index in [2.05, 4.69) is 56.6 Å². The molecule has 0 bridgehead atoms.